The molecule has 3 aromatic rings. The number of hydrogen-bond acceptors (Lipinski definition) is 7. The third kappa shape index (κ3) is 5.16. The van der Waals surface area contributed by atoms with E-state index in [-0.39, 0.29) is 36.2 Å². The van der Waals surface area contributed by atoms with Gasteiger partial charge >= 0.3 is 12.0 Å². The zero-order valence-electron chi connectivity index (χ0n) is 18.9. The molecule has 0 unspecified atom stereocenters. The highest BCUT2D eigenvalue weighted by Gasteiger charge is 2.34. The van der Waals surface area contributed by atoms with Gasteiger partial charge in [-0.2, -0.15) is 0 Å². The quantitative estimate of drug-likeness (QED) is 0.296. The average Bonchev–Trinajstić information content (AvgIpc) is 3.44. The van der Waals surface area contributed by atoms with Gasteiger partial charge in [0, 0.05) is 5.56 Å². The zero-order valence-corrected chi connectivity index (χ0v) is 18.9. The third-order valence-corrected chi connectivity index (χ3v) is 5.15. The van der Waals surface area contributed by atoms with Crippen molar-refractivity contribution in [2.24, 2.45) is 0 Å². The van der Waals surface area contributed by atoms with Gasteiger partial charge in [0.15, 0.2) is 11.5 Å². The normalized spacial score (nSPS) is 14.3. The first-order chi connectivity index (χ1) is 16.9. The number of furan rings is 1. The Morgan fingerprint density at radius 3 is 2.57 bits per heavy atom. The number of esters is 1. The molecule has 0 saturated carbocycles. The molecule has 1 N–H and O–H groups in total. The van der Waals surface area contributed by atoms with E-state index >= 15 is 0 Å². The molecule has 1 fully saturated rings. The number of carbonyl (C=O) groups excluding carboxylic acids is 3. The van der Waals surface area contributed by atoms with Gasteiger partial charge < -0.3 is 23.9 Å². The van der Waals surface area contributed by atoms with Crippen molar-refractivity contribution >= 4 is 24.0 Å². The molecule has 1 saturated heterocycles. The maximum atomic E-state index is 13.2. The second-order valence-corrected chi connectivity index (χ2v) is 7.43. The van der Waals surface area contributed by atoms with Crippen molar-refractivity contribution < 1.29 is 37.4 Å². The first-order valence-electron chi connectivity index (χ1n) is 10.5. The van der Waals surface area contributed by atoms with Crippen molar-refractivity contribution in [3.05, 3.63) is 88.8 Å². The number of imide groups is 1. The van der Waals surface area contributed by atoms with Gasteiger partial charge in [-0.3, -0.25) is 9.69 Å². The van der Waals surface area contributed by atoms with Gasteiger partial charge in [-0.15, -0.1) is 0 Å². The second kappa shape index (κ2) is 10.1. The minimum Gasteiger partial charge on any atom is -0.493 e. The van der Waals surface area contributed by atoms with E-state index in [4.69, 9.17) is 13.9 Å². The number of methoxy groups -OCH3 is 2. The van der Waals surface area contributed by atoms with E-state index in [1.807, 2.05) is 0 Å². The van der Waals surface area contributed by atoms with Crippen molar-refractivity contribution in [3.8, 4) is 11.5 Å². The van der Waals surface area contributed by atoms with E-state index in [9.17, 15) is 18.8 Å². The molecule has 0 aliphatic carbocycles. The Labute approximate surface area is 199 Å². The van der Waals surface area contributed by atoms with Gasteiger partial charge in [-0.1, -0.05) is 24.3 Å². The summed E-state index contributed by atoms with van der Waals surface area (Å²) < 4.78 is 34.4. The lowest BCUT2D eigenvalue weighted by Crippen LogP contribution is -2.30. The van der Waals surface area contributed by atoms with Gasteiger partial charge in [-0.05, 0) is 42.0 Å². The van der Waals surface area contributed by atoms with Crippen LogP contribution in [0.2, 0.25) is 0 Å². The molecule has 10 heteroatoms. The number of amides is 3. The lowest BCUT2D eigenvalue weighted by molar-refractivity contribution is -0.123. The van der Waals surface area contributed by atoms with Gasteiger partial charge in [-0.25, -0.2) is 14.0 Å². The monoisotopic (exact) mass is 480 g/mol. The highest BCUT2D eigenvalue weighted by molar-refractivity contribution is 6.14. The fourth-order valence-electron chi connectivity index (χ4n) is 3.40. The molecule has 1 aliphatic rings. The molecule has 2 heterocycles. The minimum absolute atomic E-state index is 0.0228. The van der Waals surface area contributed by atoms with Crippen molar-refractivity contribution in [2.75, 3.05) is 14.2 Å². The molecule has 0 atom stereocenters. The number of nitrogens with one attached hydrogen (secondary N) is 1. The Morgan fingerprint density at radius 2 is 1.86 bits per heavy atom. The molecule has 9 nitrogen and oxygen atoms in total. The predicted molar refractivity (Wildman–Crippen MR) is 121 cm³/mol. The van der Waals surface area contributed by atoms with E-state index in [1.54, 1.807) is 30.3 Å². The van der Waals surface area contributed by atoms with E-state index in [2.05, 4.69) is 10.1 Å². The third-order valence-electron chi connectivity index (χ3n) is 5.15. The van der Waals surface area contributed by atoms with Crippen LogP contribution in [0.4, 0.5) is 9.18 Å². The van der Waals surface area contributed by atoms with Crippen LogP contribution in [-0.4, -0.2) is 37.0 Å². The first kappa shape index (κ1) is 23.6. The summed E-state index contributed by atoms with van der Waals surface area (Å²) in [5, 5.41) is 2.54. The van der Waals surface area contributed by atoms with Crippen LogP contribution >= 0.6 is 0 Å². The molecule has 4 rings (SSSR count). The van der Waals surface area contributed by atoms with E-state index in [1.165, 1.54) is 44.6 Å². The standard InChI is InChI=1S/C25H21FN2O7/c1-32-20-5-3-4-16(22(20)34-14-15-6-8-17(26)9-7-15)12-19-23(29)28(25(31)27-19)13-18-10-11-21(35-18)24(30)33-2/h3-12H,13-14H2,1-2H3,(H,27,31)/b19-12+. The minimum atomic E-state index is -0.666. The molecular weight excluding hydrogens is 459 g/mol. The highest BCUT2D eigenvalue weighted by atomic mass is 19.1. The van der Waals surface area contributed by atoms with Crippen molar-refractivity contribution in [1.29, 1.82) is 0 Å². The molecule has 2 aromatic carbocycles. The van der Waals surface area contributed by atoms with E-state index in [0.717, 1.165) is 10.5 Å². The fourth-order valence-corrected chi connectivity index (χ4v) is 3.40. The largest absolute Gasteiger partial charge is 0.493 e. The maximum absolute atomic E-state index is 13.2. The van der Waals surface area contributed by atoms with Gasteiger partial charge in [0.1, 0.15) is 23.9 Å². The van der Waals surface area contributed by atoms with Gasteiger partial charge in [0.25, 0.3) is 5.91 Å². The van der Waals surface area contributed by atoms with Gasteiger partial charge in [0.2, 0.25) is 5.76 Å². The number of nitrogens with zero attached hydrogens (tertiary/aromatic N) is 1. The van der Waals surface area contributed by atoms with Crippen LogP contribution in [0.3, 0.4) is 0 Å². The predicted octanol–water partition coefficient (Wildman–Crippen LogP) is 3.89. The Hall–Kier alpha value is -4.60. The smallest absolute Gasteiger partial charge is 0.373 e. The molecule has 3 amide bonds. The summed E-state index contributed by atoms with van der Waals surface area (Å²) in [6, 6.07) is 13.2. The van der Waals surface area contributed by atoms with E-state index < -0.39 is 17.9 Å². The number of halogens is 1. The molecule has 1 aromatic heterocycles. The molecule has 1 aliphatic heterocycles. The lowest BCUT2D eigenvalue weighted by atomic mass is 10.1. The van der Waals surface area contributed by atoms with Crippen LogP contribution in [0, 0.1) is 5.82 Å². The average molecular weight is 480 g/mol. The van der Waals surface area contributed by atoms with Crippen molar-refractivity contribution in [1.82, 2.24) is 10.2 Å². The SMILES string of the molecule is COC(=O)c1ccc(CN2C(=O)N/C(=C/c3cccc(OC)c3OCc3ccc(F)cc3)C2=O)o1. The second-order valence-electron chi connectivity index (χ2n) is 7.43. The fraction of sp³-hybridized carbons (Fsp3) is 0.160. The number of para-hydroxylation sites is 1. The molecule has 180 valence electrons. The zero-order chi connectivity index (χ0) is 24.9. The number of urea groups is 1. The molecule has 35 heavy (non-hydrogen) atoms. The topological polar surface area (TPSA) is 107 Å². The van der Waals surface area contributed by atoms with Crippen LogP contribution in [0.15, 0.2) is 64.7 Å². The Balaban J connectivity index is 1.55. The van der Waals surface area contributed by atoms with Crippen LogP contribution in [-0.2, 0) is 22.7 Å². The molecule has 0 bridgehead atoms. The Kier molecular flexibility index (Phi) is 6.81. The van der Waals surface area contributed by atoms with Crippen molar-refractivity contribution in [2.45, 2.75) is 13.2 Å². The summed E-state index contributed by atoms with van der Waals surface area (Å²) >= 11 is 0. The van der Waals surface area contributed by atoms with Crippen LogP contribution in [0.1, 0.15) is 27.4 Å². The summed E-state index contributed by atoms with van der Waals surface area (Å²) in [5.41, 5.74) is 1.25. The number of carbonyl (C=O) groups is 3. The van der Waals surface area contributed by atoms with Crippen molar-refractivity contribution in [3.63, 3.8) is 0 Å². The van der Waals surface area contributed by atoms with Gasteiger partial charge in [0.05, 0.1) is 20.8 Å². The van der Waals surface area contributed by atoms with Crippen LogP contribution in [0.25, 0.3) is 6.08 Å². The van der Waals surface area contributed by atoms with E-state index in [0.29, 0.717) is 17.1 Å². The number of ether oxygens (including phenoxy) is 3. The Bertz CT molecular complexity index is 1300. The number of rotatable bonds is 8. The summed E-state index contributed by atoms with van der Waals surface area (Å²) in [6.07, 6.45) is 1.48. The summed E-state index contributed by atoms with van der Waals surface area (Å²) in [5.74, 6) is -0.641. The molecule has 0 spiro atoms. The summed E-state index contributed by atoms with van der Waals surface area (Å²) in [4.78, 5) is 37.9. The summed E-state index contributed by atoms with van der Waals surface area (Å²) in [7, 11) is 2.70. The van der Waals surface area contributed by atoms with Crippen LogP contribution in [0.5, 0.6) is 11.5 Å². The maximum Gasteiger partial charge on any atom is 0.373 e. The van der Waals surface area contributed by atoms with Crippen LogP contribution < -0.4 is 14.8 Å². The summed E-state index contributed by atoms with van der Waals surface area (Å²) in [6.45, 7) is -0.0463. The molecule has 0 radical (unpaired) electrons. The Morgan fingerprint density at radius 1 is 1.09 bits per heavy atom. The lowest BCUT2D eigenvalue weighted by Gasteiger charge is -2.14. The first-order valence-corrected chi connectivity index (χ1v) is 10.5. The highest BCUT2D eigenvalue weighted by Crippen LogP contribution is 2.34. The molecular formula is C25H21FN2O7. The number of benzene rings is 2. The number of hydrogen-bond donors (Lipinski definition) is 1.